The van der Waals surface area contributed by atoms with E-state index in [1.165, 1.54) is 6.07 Å². The van der Waals surface area contributed by atoms with Crippen LogP contribution in [0.25, 0.3) is 0 Å². The molecule has 100 valence electrons. The second-order valence-corrected chi connectivity index (χ2v) is 6.32. The lowest BCUT2D eigenvalue weighted by molar-refractivity contribution is 0.254. The van der Waals surface area contributed by atoms with Crippen LogP contribution in [-0.4, -0.2) is 25.7 Å². The summed E-state index contributed by atoms with van der Waals surface area (Å²) in [6.45, 7) is 9.47. The Labute approximate surface area is 113 Å². The molecule has 0 aromatic heterocycles. The molecule has 0 saturated carbocycles. The van der Waals surface area contributed by atoms with Crippen molar-refractivity contribution in [1.82, 2.24) is 5.32 Å². The van der Waals surface area contributed by atoms with E-state index in [-0.39, 0.29) is 16.3 Å². The summed E-state index contributed by atoms with van der Waals surface area (Å²) in [5.41, 5.74) is 1.21. The summed E-state index contributed by atoms with van der Waals surface area (Å²) in [4.78, 5) is 2.26. The van der Waals surface area contributed by atoms with Gasteiger partial charge in [0.15, 0.2) is 0 Å². The van der Waals surface area contributed by atoms with Crippen LogP contribution in [-0.2, 0) is 0 Å². The minimum Gasteiger partial charge on any atom is -0.369 e. The van der Waals surface area contributed by atoms with Gasteiger partial charge in [-0.1, -0.05) is 32.4 Å². The first-order valence-corrected chi connectivity index (χ1v) is 6.69. The third kappa shape index (κ3) is 2.96. The minimum atomic E-state index is -0.358. The smallest absolute Gasteiger partial charge is 0.141 e. The van der Waals surface area contributed by atoms with Gasteiger partial charge in [0.1, 0.15) is 5.82 Å². The fraction of sp³-hybridized carbons (Fsp3) is 0.571. The van der Waals surface area contributed by atoms with Crippen LogP contribution in [0.5, 0.6) is 0 Å². The molecule has 4 heteroatoms. The Hall–Kier alpha value is -0.800. The van der Waals surface area contributed by atoms with Crippen molar-refractivity contribution in [3.05, 3.63) is 29.0 Å². The zero-order chi connectivity index (χ0) is 13.3. The van der Waals surface area contributed by atoms with E-state index in [0.717, 1.165) is 25.3 Å². The maximum Gasteiger partial charge on any atom is 0.141 e. The van der Waals surface area contributed by atoms with Crippen molar-refractivity contribution in [2.75, 3.05) is 24.5 Å². The number of halogens is 2. The Bertz CT molecular complexity index is 428. The first kappa shape index (κ1) is 13.6. The van der Waals surface area contributed by atoms with Gasteiger partial charge in [-0.25, -0.2) is 4.39 Å². The van der Waals surface area contributed by atoms with E-state index in [4.69, 9.17) is 11.6 Å². The van der Waals surface area contributed by atoms with E-state index < -0.39 is 0 Å². The number of anilines is 1. The van der Waals surface area contributed by atoms with Crippen LogP contribution < -0.4 is 10.2 Å². The summed E-state index contributed by atoms with van der Waals surface area (Å²) in [6, 6.07) is 5.37. The molecule has 0 aliphatic carbocycles. The first-order chi connectivity index (χ1) is 8.38. The first-order valence-electron chi connectivity index (χ1n) is 6.31. The SMILES string of the molecule is CC(C)(C)C1CN(c2ccc(F)c(Cl)c2)CCN1. The van der Waals surface area contributed by atoms with Gasteiger partial charge in [-0.3, -0.25) is 0 Å². The lowest BCUT2D eigenvalue weighted by atomic mass is 9.85. The fourth-order valence-electron chi connectivity index (χ4n) is 2.25. The van der Waals surface area contributed by atoms with Crippen molar-refractivity contribution in [1.29, 1.82) is 0 Å². The monoisotopic (exact) mass is 270 g/mol. The normalized spacial score (nSPS) is 21.2. The Morgan fingerprint density at radius 2 is 2.11 bits per heavy atom. The highest BCUT2D eigenvalue weighted by molar-refractivity contribution is 6.31. The predicted molar refractivity (Wildman–Crippen MR) is 74.9 cm³/mol. The molecule has 0 radical (unpaired) electrons. The molecule has 1 aliphatic heterocycles. The van der Waals surface area contributed by atoms with Crippen LogP contribution in [0.4, 0.5) is 10.1 Å². The van der Waals surface area contributed by atoms with Crippen LogP contribution >= 0.6 is 11.6 Å². The van der Waals surface area contributed by atoms with Gasteiger partial charge in [-0.05, 0) is 23.6 Å². The van der Waals surface area contributed by atoms with Gasteiger partial charge in [0.25, 0.3) is 0 Å². The summed E-state index contributed by atoms with van der Waals surface area (Å²) in [6.07, 6.45) is 0. The van der Waals surface area contributed by atoms with E-state index in [9.17, 15) is 4.39 Å². The van der Waals surface area contributed by atoms with Crippen molar-refractivity contribution in [2.24, 2.45) is 5.41 Å². The quantitative estimate of drug-likeness (QED) is 0.842. The van der Waals surface area contributed by atoms with Gasteiger partial charge < -0.3 is 10.2 Å². The molecule has 1 aliphatic rings. The molecule has 2 nitrogen and oxygen atoms in total. The number of nitrogens with zero attached hydrogens (tertiary/aromatic N) is 1. The zero-order valence-electron chi connectivity index (χ0n) is 11.1. The average Bonchev–Trinajstić information content (AvgIpc) is 2.32. The third-order valence-electron chi connectivity index (χ3n) is 3.49. The van der Waals surface area contributed by atoms with Crippen LogP contribution in [0.3, 0.4) is 0 Å². The molecule has 1 N–H and O–H groups in total. The minimum absolute atomic E-state index is 0.193. The van der Waals surface area contributed by atoms with Crippen LogP contribution in [0, 0.1) is 11.2 Å². The lowest BCUT2D eigenvalue weighted by Gasteiger charge is -2.41. The molecule has 2 rings (SSSR count). The zero-order valence-corrected chi connectivity index (χ0v) is 11.9. The van der Waals surface area contributed by atoms with Gasteiger partial charge in [0.05, 0.1) is 5.02 Å². The van der Waals surface area contributed by atoms with E-state index >= 15 is 0 Å². The van der Waals surface area contributed by atoms with Gasteiger partial charge in [-0.15, -0.1) is 0 Å². The molecule has 1 aromatic carbocycles. The standard InChI is InChI=1S/C14H20ClFN2/c1-14(2,3)13-9-18(7-6-17-13)10-4-5-12(16)11(15)8-10/h4-5,8,13,17H,6-7,9H2,1-3H3. The van der Waals surface area contributed by atoms with Crippen molar-refractivity contribution in [2.45, 2.75) is 26.8 Å². The van der Waals surface area contributed by atoms with Gasteiger partial charge in [0, 0.05) is 31.4 Å². The van der Waals surface area contributed by atoms with Gasteiger partial charge in [0.2, 0.25) is 0 Å². The summed E-state index contributed by atoms with van der Waals surface area (Å²) in [5.74, 6) is -0.358. The summed E-state index contributed by atoms with van der Waals surface area (Å²) >= 11 is 5.84. The largest absolute Gasteiger partial charge is 0.369 e. The topological polar surface area (TPSA) is 15.3 Å². The van der Waals surface area contributed by atoms with Crippen molar-refractivity contribution >= 4 is 17.3 Å². The Morgan fingerprint density at radius 3 is 2.72 bits per heavy atom. The molecule has 1 heterocycles. The number of hydrogen-bond donors (Lipinski definition) is 1. The number of benzene rings is 1. The second kappa shape index (κ2) is 5.06. The van der Waals surface area contributed by atoms with Gasteiger partial charge in [-0.2, -0.15) is 0 Å². The Balaban J connectivity index is 2.15. The van der Waals surface area contributed by atoms with E-state index in [0.29, 0.717) is 6.04 Å². The molecule has 0 amide bonds. The molecule has 0 bridgehead atoms. The molecular weight excluding hydrogens is 251 g/mol. The highest BCUT2D eigenvalue weighted by atomic mass is 35.5. The molecule has 1 fully saturated rings. The average molecular weight is 271 g/mol. The molecular formula is C14H20ClFN2. The van der Waals surface area contributed by atoms with E-state index in [1.807, 2.05) is 0 Å². The number of hydrogen-bond acceptors (Lipinski definition) is 2. The highest BCUT2D eigenvalue weighted by Gasteiger charge is 2.29. The van der Waals surface area contributed by atoms with Crippen LogP contribution in [0.1, 0.15) is 20.8 Å². The molecule has 1 atom stereocenters. The summed E-state index contributed by atoms with van der Waals surface area (Å²) in [7, 11) is 0. The van der Waals surface area contributed by atoms with Crippen molar-refractivity contribution < 1.29 is 4.39 Å². The molecule has 0 spiro atoms. The molecule has 1 aromatic rings. The number of piperazine rings is 1. The molecule has 18 heavy (non-hydrogen) atoms. The van der Waals surface area contributed by atoms with Crippen LogP contribution in [0.15, 0.2) is 18.2 Å². The number of rotatable bonds is 1. The van der Waals surface area contributed by atoms with E-state index in [1.54, 1.807) is 12.1 Å². The maximum absolute atomic E-state index is 13.2. The fourth-order valence-corrected chi connectivity index (χ4v) is 2.42. The maximum atomic E-state index is 13.2. The van der Waals surface area contributed by atoms with E-state index in [2.05, 4.69) is 31.0 Å². The third-order valence-corrected chi connectivity index (χ3v) is 3.78. The second-order valence-electron chi connectivity index (χ2n) is 5.92. The summed E-state index contributed by atoms with van der Waals surface area (Å²) in [5, 5.41) is 3.73. The van der Waals surface area contributed by atoms with Crippen LogP contribution in [0.2, 0.25) is 5.02 Å². The van der Waals surface area contributed by atoms with Crippen molar-refractivity contribution in [3.63, 3.8) is 0 Å². The highest BCUT2D eigenvalue weighted by Crippen LogP contribution is 2.27. The molecule has 1 unspecified atom stereocenters. The predicted octanol–water partition coefficient (Wildman–Crippen LogP) is 3.30. The Morgan fingerprint density at radius 1 is 1.39 bits per heavy atom. The Kier molecular flexibility index (Phi) is 3.83. The lowest BCUT2D eigenvalue weighted by Crippen LogP contribution is -2.56. The number of nitrogens with one attached hydrogen (secondary N) is 1. The van der Waals surface area contributed by atoms with Crippen molar-refractivity contribution in [3.8, 4) is 0 Å². The van der Waals surface area contributed by atoms with Gasteiger partial charge >= 0.3 is 0 Å². The molecule has 1 saturated heterocycles. The summed E-state index contributed by atoms with van der Waals surface area (Å²) < 4.78 is 13.2.